The summed E-state index contributed by atoms with van der Waals surface area (Å²) in [6.07, 6.45) is 3.84. The molecule has 0 fully saturated rings. The van der Waals surface area contributed by atoms with Crippen LogP contribution in [0, 0.1) is 17.3 Å². The first-order valence-electron chi connectivity index (χ1n) is 4.69. The van der Waals surface area contributed by atoms with Gasteiger partial charge in [0.15, 0.2) is 12.4 Å². The highest BCUT2D eigenvalue weighted by molar-refractivity contribution is 14.1. The molecule has 1 aromatic heterocycles. The third-order valence-electron chi connectivity index (χ3n) is 2.19. The van der Waals surface area contributed by atoms with Gasteiger partial charge in [-0.3, -0.25) is 10.1 Å². The topological polar surface area (TPSA) is 47.0 Å². The molecule has 86 valence electrons. The van der Waals surface area contributed by atoms with Gasteiger partial charge in [-0.05, 0) is 45.2 Å². The quantitative estimate of drug-likeness (QED) is 0.304. The summed E-state index contributed by atoms with van der Waals surface area (Å²) in [5.41, 5.74) is 1.09. The molecule has 0 bridgehead atoms. The third-order valence-corrected chi connectivity index (χ3v) is 3.83. The minimum Gasteiger partial charge on any atom is -0.258 e. The van der Waals surface area contributed by atoms with Gasteiger partial charge >= 0.3 is 0 Å². The maximum atomic E-state index is 10.7. The second-order valence-corrected chi connectivity index (χ2v) is 5.62. The summed E-state index contributed by atoms with van der Waals surface area (Å²) in [5.74, 6) is 0. The molecular weight excluding hydrogens is 446 g/mol. The Kier molecular flexibility index (Phi) is 3.92. The first-order chi connectivity index (χ1) is 8.09. The van der Waals surface area contributed by atoms with Crippen LogP contribution in [0.4, 0.5) is 5.69 Å². The van der Waals surface area contributed by atoms with Crippen molar-refractivity contribution in [2.75, 3.05) is 0 Å². The number of pyridine rings is 1. The Balaban J connectivity index is 2.61. The molecule has 0 aliphatic heterocycles. The second kappa shape index (κ2) is 5.25. The average Bonchev–Trinajstić information content (AvgIpc) is 2.29. The van der Waals surface area contributed by atoms with Crippen molar-refractivity contribution in [2.24, 2.45) is 0 Å². The zero-order chi connectivity index (χ0) is 12.4. The lowest BCUT2D eigenvalue weighted by Crippen LogP contribution is -2.31. The minimum absolute atomic E-state index is 0.124. The van der Waals surface area contributed by atoms with Gasteiger partial charge in [-0.1, -0.05) is 6.07 Å². The summed E-state index contributed by atoms with van der Waals surface area (Å²) in [5, 5.41) is 10.7. The molecule has 0 radical (unpaired) electrons. The number of aromatic nitrogens is 1. The fourth-order valence-corrected chi connectivity index (χ4v) is 3.74. The van der Waals surface area contributed by atoms with Crippen molar-refractivity contribution in [3.63, 3.8) is 0 Å². The number of halogens is 2. The van der Waals surface area contributed by atoms with Gasteiger partial charge in [-0.15, -0.1) is 0 Å². The number of nitrogens with zero attached hydrogens (tertiary/aromatic N) is 2. The number of benzene rings is 1. The normalized spacial score (nSPS) is 10.2. The average molecular weight is 453 g/mol. The molecule has 0 aliphatic rings. The van der Waals surface area contributed by atoms with Crippen molar-refractivity contribution in [3.05, 3.63) is 60.0 Å². The molecule has 0 unspecified atom stereocenters. The molecule has 1 heterocycles. The number of hydrogen-bond acceptors (Lipinski definition) is 2. The van der Waals surface area contributed by atoms with E-state index in [0.29, 0.717) is 0 Å². The lowest BCUT2D eigenvalue weighted by atomic mass is 10.3. The van der Waals surface area contributed by atoms with E-state index < -0.39 is 0 Å². The standard InChI is InChI=1S/C11H7I2N2O2/c12-9-6-8(15(16)17)7-10(13)11(9)14-4-2-1-3-5-14/h1-7H/q+1. The third kappa shape index (κ3) is 2.73. The molecule has 0 saturated carbocycles. The van der Waals surface area contributed by atoms with Gasteiger partial charge in [0.2, 0.25) is 5.69 Å². The van der Waals surface area contributed by atoms with Crippen molar-refractivity contribution in [2.45, 2.75) is 0 Å². The molecule has 2 aromatic rings. The minimum atomic E-state index is -0.371. The first kappa shape index (κ1) is 12.7. The molecule has 0 atom stereocenters. The van der Waals surface area contributed by atoms with E-state index in [1.165, 1.54) is 0 Å². The van der Waals surface area contributed by atoms with Gasteiger partial charge in [0, 0.05) is 24.3 Å². The van der Waals surface area contributed by atoms with Crippen molar-refractivity contribution >= 4 is 50.9 Å². The summed E-state index contributed by atoms with van der Waals surface area (Å²) in [6.45, 7) is 0. The maximum Gasteiger partial charge on any atom is 0.272 e. The Morgan fingerprint density at radius 1 is 1.06 bits per heavy atom. The van der Waals surface area contributed by atoms with Crippen LogP contribution in [0.5, 0.6) is 0 Å². The van der Waals surface area contributed by atoms with E-state index in [1.807, 2.05) is 35.2 Å². The van der Waals surface area contributed by atoms with Gasteiger partial charge in [0.25, 0.3) is 5.69 Å². The maximum absolute atomic E-state index is 10.7. The second-order valence-electron chi connectivity index (χ2n) is 3.30. The summed E-state index contributed by atoms with van der Waals surface area (Å²) >= 11 is 4.24. The van der Waals surface area contributed by atoms with E-state index in [4.69, 9.17) is 0 Å². The van der Waals surface area contributed by atoms with Crippen molar-refractivity contribution in [1.82, 2.24) is 0 Å². The molecule has 17 heavy (non-hydrogen) atoms. The number of hydrogen-bond donors (Lipinski definition) is 0. The number of nitro groups is 1. The molecule has 1 aromatic carbocycles. The lowest BCUT2D eigenvalue weighted by molar-refractivity contribution is -0.597. The lowest BCUT2D eigenvalue weighted by Gasteiger charge is -2.01. The molecule has 4 nitrogen and oxygen atoms in total. The Bertz CT molecular complexity index is 550. The molecular formula is C11H7I2N2O2+. The zero-order valence-electron chi connectivity index (χ0n) is 8.51. The van der Waals surface area contributed by atoms with E-state index in [0.717, 1.165) is 12.8 Å². The van der Waals surface area contributed by atoms with Crippen LogP contribution in [0.2, 0.25) is 0 Å². The van der Waals surface area contributed by atoms with Crippen LogP contribution in [-0.2, 0) is 0 Å². The van der Waals surface area contributed by atoms with Crippen molar-refractivity contribution < 1.29 is 9.49 Å². The fraction of sp³-hybridized carbons (Fsp3) is 0. The van der Waals surface area contributed by atoms with E-state index in [1.54, 1.807) is 12.1 Å². The summed E-state index contributed by atoms with van der Waals surface area (Å²) in [7, 11) is 0. The van der Waals surface area contributed by atoms with Gasteiger partial charge in [-0.2, -0.15) is 4.57 Å². The molecule has 0 N–H and O–H groups in total. The van der Waals surface area contributed by atoms with Crippen LogP contribution in [0.15, 0.2) is 42.7 Å². The van der Waals surface area contributed by atoms with Crippen LogP contribution < -0.4 is 4.57 Å². The van der Waals surface area contributed by atoms with E-state index in [9.17, 15) is 10.1 Å². The highest BCUT2D eigenvalue weighted by atomic mass is 127. The Labute approximate surface area is 125 Å². The largest absolute Gasteiger partial charge is 0.272 e. The molecule has 0 amide bonds. The van der Waals surface area contributed by atoms with Crippen molar-refractivity contribution in [3.8, 4) is 5.69 Å². The molecule has 0 aliphatic carbocycles. The zero-order valence-corrected chi connectivity index (χ0v) is 12.8. The predicted octanol–water partition coefficient (Wildman–Crippen LogP) is 3.08. The fourth-order valence-electron chi connectivity index (χ4n) is 1.45. The number of rotatable bonds is 2. The number of nitro benzene ring substituents is 1. The van der Waals surface area contributed by atoms with Gasteiger partial charge in [0.1, 0.15) is 0 Å². The van der Waals surface area contributed by atoms with E-state index in [2.05, 4.69) is 45.2 Å². The molecule has 0 spiro atoms. The summed E-state index contributed by atoms with van der Waals surface area (Å²) < 4.78 is 3.67. The number of non-ortho nitro benzene ring substituents is 1. The predicted molar refractivity (Wildman–Crippen MR) is 80.1 cm³/mol. The Hall–Kier alpha value is -0.770. The van der Waals surface area contributed by atoms with Crippen LogP contribution >= 0.6 is 45.2 Å². The van der Waals surface area contributed by atoms with Crippen molar-refractivity contribution in [1.29, 1.82) is 0 Å². The van der Waals surface area contributed by atoms with Gasteiger partial charge in [0.05, 0.1) is 12.1 Å². The monoisotopic (exact) mass is 453 g/mol. The smallest absolute Gasteiger partial charge is 0.258 e. The first-order valence-corrected chi connectivity index (χ1v) is 6.85. The highest BCUT2D eigenvalue weighted by Crippen LogP contribution is 2.25. The van der Waals surface area contributed by atoms with Gasteiger partial charge < -0.3 is 0 Å². The van der Waals surface area contributed by atoms with Crippen LogP contribution in [-0.4, -0.2) is 4.92 Å². The summed E-state index contributed by atoms with van der Waals surface area (Å²) in [6, 6.07) is 8.94. The van der Waals surface area contributed by atoms with E-state index >= 15 is 0 Å². The van der Waals surface area contributed by atoms with Crippen LogP contribution in [0.1, 0.15) is 0 Å². The molecule has 0 saturated heterocycles. The molecule has 2 rings (SSSR count). The summed E-state index contributed by atoms with van der Waals surface area (Å²) in [4.78, 5) is 10.4. The van der Waals surface area contributed by atoms with Gasteiger partial charge in [-0.25, -0.2) is 0 Å². The SMILES string of the molecule is O=[N+]([O-])c1cc(I)c(-[n+]2ccccc2)c(I)c1. The highest BCUT2D eigenvalue weighted by Gasteiger charge is 2.20. The Morgan fingerprint density at radius 2 is 1.59 bits per heavy atom. The molecule has 6 heteroatoms. The van der Waals surface area contributed by atoms with Crippen LogP contribution in [0.25, 0.3) is 5.69 Å². The van der Waals surface area contributed by atoms with E-state index in [-0.39, 0.29) is 10.6 Å². The van der Waals surface area contributed by atoms with Crippen LogP contribution in [0.3, 0.4) is 0 Å². The Morgan fingerprint density at radius 3 is 2.06 bits per heavy atom.